The van der Waals surface area contributed by atoms with Gasteiger partial charge < -0.3 is 40.3 Å². The molecule has 0 aromatic heterocycles. The summed E-state index contributed by atoms with van der Waals surface area (Å²) in [5.74, 6) is -0.201. The van der Waals surface area contributed by atoms with E-state index in [0.29, 0.717) is 6.42 Å². The van der Waals surface area contributed by atoms with Crippen molar-refractivity contribution in [3.8, 4) is 0 Å². The average Bonchev–Trinajstić information content (AvgIpc) is 3.08. The summed E-state index contributed by atoms with van der Waals surface area (Å²) in [6.07, 6.45) is 27.6. The molecule has 6 N–H and O–H groups in total. The van der Waals surface area contributed by atoms with Crippen LogP contribution in [0.1, 0.15) is 149 Å². The Morgan fingerprint density at radius 3 is 1.81 bits per heavy atom. The molecule has 1 aliphatic heterocycles. The van der Waals surface area contributed by atoms with E-state index in [1.165, 1.54) is 64.2 Å². The first-order chi connectivity index (χ1) is 23.3. The molecule has 7 atom stereocenters. The minimum atomic E-state index is -1.57. The zero-order valence-corrected chi connectivity index (χ0v) is 30.2. The molecule has 0 saturated carbocycles. The zero-order valence-electron chi connectivity index (χ0n) is 30.2. The second-order valence-corrected chi connectivity index (χ2v) is 13.4. The monoisotopic (exact) mass is 682 g/mol. The van der Waals surface area contributed by atoms with Crippen molar-refractivity contribution in [2.24, 2.45) is 0 Å². The molecule has 0 aliphatic carbocycles. The normalized spacial score (nSPS) is 23.0. The molecule has 1 aliphatic rings. The second-order valence-electron chi connectivity index (χ2n) is 13.4. The van der Waals surface area contributed by atoms with Gasteiger partial charge in [-0.25, -0.2) is 0 Å². The number of hydrogen-bond donors (Lipinski definition) is 6. The number of hydrogen-bond acceptors (Lipinski definition) is 8. The summed E-state index contributed by atoms with van der Waals surface area (Å²) in [7, 11) is 0. The van der Waals surface area contributed by atoms with Gasteiger partial charge in [0.1, 0.15) is 24.4 Å². The Morgan fingerprint density at radius 1 is 0.688 bits per heavy atom. The summed E-state index contributed by atoms with van der Waals surface area (Å²) in [5, 5.41) is 53.8. The van der Waals surface area contributed by atoms with Gasteiger partial charge in [0.15, 0.2) is 6.29 Å². The van der Waals surface area contributed by atoms with Crippen LogP contribution in [0.3, 0.4) is 0 Å². The molecule has 0 aromatic rings. The first-order valence-electron chi connectivity index (χ1n) is 19.2. The molecule has 7 unspecified atom stereocenters. The minimum Gasteiger partial charge on any atom is -0.394 e. The lowest BCUT2D eigenvalue weighted by Gasteiger charge is -2.40. The number of ether oxygens (including phenoxy) is 2. The maximum Gasteiger partial charge on any atom is 0.220 e. The van der Waals surface area contributed by atoms with Gasteiger partial charge in [0.2, 0.25) is 5.91 Å². The highest BCUT2D eigenvalue weighted by atomic mass is 16.7. The Kier molecular flexibility index (Phi) is 28.0. The SMILES string of the molecule is CCCC/C=C\CCCCCCCC(=O)NC(COC1OC(CO)C(O)C(O)C1O)C(O)/C=C/CC/C=C/CCCCCCCCCC. The number of nitrogens with one attached hydrogen (secondary N) is 1. The van der Waals surface area contributed by atoms with Crippen LogP contribution in [0.15, 0.2) is 36.5 Å². The summed E-state index contributed by atoms with van der Waals surface area (Å²) in [6.45, 7) is 3.67. The van der Waals surface area contributed by atoms with Gasteiger partial charge in [-0.3, -0.25) is 4.79 Å². The molecule has 1 heterocycles. The number of amides is 1. The Balaban J connectivity index is 2.50. The van der Waals surface area contributed by atoms with Crippen molar-refractivity contribution in [1.29, 1.82) is 0 Å². The maximum atomic E-state index is 12.8. The Bertz CT molecular complexity index is 848. The van der Waals surface area contributed by atoms with Gasteiger partial charge in [-0.15, -0.1) is 0 Å². The predicted octanol–water partition coefficient (Wildman–Crippen LogP) is 6.55. The highest BCUT2D eigenvalue weighted by Crippen LogP contribution is 2.22. The van der Waals surface area contributed by atoms with Crippen LogP contribution in [0.2, 0.25) is 0 Å². The van der Waals surface area contributed by atoms with Gasteiger partial charge in [-0.05, 0) is 51.4 Å². The fourth-order valence-electron chi connectivity index (χ4n) is 5.74. The van der Waals surface area contributed by atoms with Crippen molar-refractivity contribution < 1.29 is 39.8 Å². The number of aliphatic hydroxyl groups is 5. The van der Waals surface area contributed by atoms with Crippen LogP contribution >= 0.6 is 0 Å². The molecular weight excluding hydrogens is 610 g/mol. The van der Waals surface area contributed by atoms with E-state index in [0.717, 1.165) is 64.2 Å². The first kappa shape index (κ1) is 44.4. The van der Waals surface area contributed by atoms with E-state index in [4.69, 9.17) is 9.47 Å². The van der Waals surface area contributed by atoms with Gasteiger partial charge in [0, 0.05) is 6.42 Å². The highest BCUT2D eigenvalue weighted by Gasteiger charge is 2.44. The predicted molar refractivity (Wildman–Crippen MR) is 193 cm³/mol. The molecule has 280 valence electrons. The van der Waals surface area contributed by atoms with Crippen LogP contribution in [0.5, 0.6) is 0 Å². The molecule has 0 radical (unpaired) electrons. The van der Waals surface area contributed by atoms with Crippen LogP contribution in [-0.4, -0.2) is 87.5 Å². The second kappa shape index (κ2) is 30.3. The number of aliphatic hydroxyl groups excluding tert-OH is 5. The molecule has 1 amide bonds. The topological polar surface area (TPSA) is 149 Å². The van der Waals surface area contributed by atoms with E-state index >= 15 is 0 Å². The van der Waals surface area contributed by atoms with Crippen molar-refractivity contribution in [1.82, 2.24) is 5.32 Å². The van der Waals surface area contributed by atoms with Crippen molar-refractivity contribution in [2.75, 3.05) is 13.2 Å². The van der Waals surface area contributed by atoms with E-state index in [9.17, 15) is 30.3 Å². The Hall–Kier alpha value is -1.59. The van der Waals surface area contributed by atoms with E-state index < -0.39 is 49.5 Å². The molecule has 9 heteroatoms. The van der Waals surface area contributed by atoms with Crippen LogP contribution in [0, 0.1) is 0 Å². The van der Waals surface area contributed by atoms with Crippen LogP contribution in [0.25, 0.3) is 0 Å². The molecule has 0 spiro atoms. The number of carbonyl (C=O) groups excluding carboxylic acids is 1. The van der Waals surface area contributed by atoms with Crippen molar-refractivity contribution in [3.05, 3.63) is 36.5 Å². The van der Waals surface area contributed by atoms with Crippen LogP contribution in [-0.2, 0) is 14.3 Å². The van der Waals surface area contributed by atoms with Gasteiger partial charge in [0.25, 0.3) is 0 Å². The molecule has 1 rings (SSSR count). The summed E-state index contributed by atoms with van der Waals surface area (Å²) < 4.78 is 11.1. The Morgan fingerprint density at radius 2 is 1.21 bits per heavy atom. The molecule has 9 nitrogen and oxygen atoms in total. The largest absolute Gasteiger partial charge is 0.394 e. The van der Waals surface area contributed by atoms with E-state index in [2.05, 4.69) is 43.5 Å². The third-order valence-electron chi connectivity index (χ3n) is 8.94. The van der Waals surface area contributed by atoms with E-state index in [1.54, 1.807) is 6.08 Å². The molecule has 0 bridgehead atoms. The van der Waals surface area contributed by atoms with Gasteiger partial charge in [0.05, 0.1) is 25.4 Å². The molecular formula is C39H71NO8. The van der Waals surface area contributed by atoms with Crippen LogP contribution in [0.4, 0.5) is 0 Å². The van der Waals surface area contributed by atoms with Crippen LogP contribution < -0.4 is 5.32 Å². The number of unbranched alkanes of at least 4 members (excludes halogenated alkanes) is 16. The maximum absolute atomic E-state index is 12.8. The van der Waals surface area contributed by atoms with Crippen molar-refractivity contribution in [2.45, 2.75) is 192 Å². The summed E-state index contributed by atoms with van der Waals surface area (Å²) >= 11 is 0. The zero-order chi connectivity index (χ0) is 35.2. The molecule has 1 fully saturated rings. The fraction of sp³-hybridized carbons (Fsp3) is 0.821. The lowest BCUT2D eigenvalue weighted by molar-refractivity contribution is -0.302. The highest BCUT2D eigenvalue weighted by molar-refractivity contribution is 5.76. The smallest absolute Gasteiger partial charge is 0.220 e. The average molecular weight is 682 g/mol. The third-order valence-corrected chi connectivity index (χ3v) is 8.94. The minimum absolute atomic E-state index is 0.201. The van der Waals surface area contributed by atoms with E-state index in [-0.39, 0.29) is 12.5 Å². The van der Waals surface area contributed by atoms with Gasteiger partial charge in [-0.2, -0.15) is 0 Å². The molecule has 1 saturated heterocycles. The van der Waals surface area contributed by atoms with Gasteiger partial charge >= 0.3 is 0 Å². The lowest BCUT2D eigenvalue weighted by atomic mass is 9.99. The number of carbonyl (C=O) groups is 1. The quantitative estimate of drug-likeness (QED) is 0.0370. The molecule has 0 aromatic carbocycles. The summed E-state index contributed by atoms with van der Waals surface area (Å²) in [4.78, 5) is 12.8. The Labute approximate surface area is 291 Å². The van der Waals surface area contributed by atoms with Crippen molar-refractivity contribution >= 4 is 5.91 Å². The number of allylic oxidation sites excluding steroid dienone is 5. The van der Waals surface area contributed by atoms with Gasteiger partial charge in [-0.1, -0.05) is 127 Å². The number of rotatable bonds is 30. The molecule has 48 heavy (non-hydrogen) atoms. The summed E-state index contributed by atoms with van der Waals surface area (Å²) in [6, 6.07) is -0.821. The van der Waals surface area contributed by atoms with E-state index in [1.807, 2.05) is 6.08 Å². The lowest BCUT2D eigenvalue weighted by Crippen LogP contribution is -2.60. The third kappa shape index (κ3) is 21.5. The standard InChI is InChI=1S/C39H71NO8/c1-3-5-7-9-11-13-15-16-17-19-20-22-24-26-28-33(42)32(31-47-39-38(46)37(45)36(44)34(30-41)48-39)40-35(43)29-27-25-23-21-18-14-12-10-8-6-4-2/h10,12,19-20,26,28,32-34,36-39,41-42,44-46H,3-9,11,13-18,21-25,27,29-31H2,1-2H3,(H,40,43)/b12-10-,20-19+,28-26+. The fourth-order valence-corrected chi connectivity index (χ4v) is 5.74. The first-order valence-corrected chi connectivity index (χ1v) is 19.2. The summed E-state index contributed by atoms with van der Waals surface area (Å²) in [5.41, 5.74) is 0. The van der Waals surface area contributed by atoms with Crippen molar-refractivity contribution in [3.63, 3.8) is 0 Å².